The van der Waals surface area contributed by atoms with Crippen LogP contribution in [0.5, 0.6) is 17.2 Å². The van der Waals surface area contributed by atoms with Gasteiger partial charge in [-0.25, -0.2) is 0 Å². The summed E-state index contributed by atoms with van der Waals surface area (Å²) in [6.45, 7) is 12.5. The van der Waals surface area contributed by atoms with Crippen LogP contribution in [0.15, 0.2) is 95.9 Å². The van der Waals surface area contributed by atoms with Crippen molar-refractivity contribution in [2.75, 3.05) is 38.3 Å². The highest BCUT2D eigenvalue weighted by molar-refractivity contribution is 8.01. The van der Waals surface area contributed by atoms with E-state index in [1.807, 2.05) is 11.8 Å². The summed E-state index contributed by atoms with van der Waals surface area (Å²) in [7, 11) is 1.72. The molecule has 5 aromatic rings. The van der Waals surface area contributed by atoms with Crippen molar-refractivity contribution in [1.82, 2.24) is 0 Å². The van der Waals surface area contributed by atoms with E-state index < -0.39 is 5.60 Å². The second-order valence-electron chi connectivity index (χ2n) is 16.7. The van der Waals surface area contributed by atoms with Crippen LogP contribution in [-0.4, -0.2) is 38.3 Å². The Kier molecular flexibility index (Phi) is 8.53. The number of ether oxygens (including phenoxy) is 4. The van der Waals surface area contributed by atoms with Crippen LogP contribution in [0.4, 0.5) is 5.69 Å². The van der Waals surface area contributed by atoms with Crippen LogP contribution in [0, 0.1) is 11.8 Å². The third kappa shape index (κ3) is 5.38. The molecular formula is C49H51NO4S. The number of hydrogen-bond donors (Lipinski definition) is 0. The first-order valence-electron chi connectivity index (χ1n) is 20.4. The molecule has 1 saturated carbocycles. The zero-order valence-electron chi connectivity index (χ0n) is 32.7. The Morgan fingerprint density at radius 2 is 1.47 bits per heavy atom. The van der Waals surface area contributed by atoms with E-state index in [-0.39, 0.29) is 4.93 Å². The van der Waals surface area contributed by atoms with Gasteiger partial charge < -0.3 is 23.8 Å². The third-order valence-electron chi connectivity index (χ3n) is 13.3. The monoisotopic (exact) mass is 749 g/mol. The second-order valence-corrected chi connectivity index (χ2v) is 18.0. The van der Waals surface area contributed by atoms with E-state index in [4.69, 9.17) is 18.9 Å². The Morgan fingerprint density at radius 3 is 2.18 bits per heavy atom. The minimum absolute atomic E-state index is 0.331. The summed E-state index contributed by atoms with van der Waals surface area (Å²) in [6.07, 6.45) is 9.69. The highest BCUT2D eigenvalue weighted by Gasteiger charge is 2.48. The van der Waals surface area contributed by atoms with E-state index in [9.17, 15) is 0 Å². The lowest BCUT2D eigenvalue weighted by atomic mass is 9.63. The summed E-state index contributed by atoms with van der Waals surface area (Å²) < 4.78 is 26.2. The molecule has 55 heavy (non-hydrogen) atoms. The normalized spacial score (nSPS) is 23.4. The van der Waals surface area contributed by atoms with Crippen molar-refractivity contribution in [3.63, 3.8) is 0 Å². The first kappa shape index (κ1) is 35.1. The molecule has 1 saturated heterocycles. The van der Waals surface area contributed by atoms with Gasteiger partial charge in [0.25, 0.3) is 0 Å². The fraction of sp³-hybridized carbons (Fsp3) is 0.388. The maximum Gasteiger partial charge on any atom is 0.178 e. The molecule has 6 heteroatoms. The quantitative estimate of drug-likeness (QED) is 0.172. The van der Waals surface area contributed by atoms with Gasteiger partial charge in [-0.3, -0.25) is 0 Å². The molecule has 5 aromatic carbocycles. The average Bonchev–Trinajstić information content (AvgIpc) is 3.64. The third-order valence-corrected chi connectivity index (χ3v) is 15.1. The van der Waals surface area contributed by atoms with Crippen molar-refractivity contribution in [3.05, 3.63) is 119 Å². The molecule has 0 aromatic heterocycles. The highest BCUT2D eigenvalue weighted by atomic mass is 32.2. The highest BCUT2D eigenvalue weighted by Crippen LogP contribution is 2.62. The van der Waals surface area contributed by atoms with Crippen LogP contribution in [0.2, 0.25) is 0 Å². The van der Waals surface area contributed by atoms with Gasteiger partial charge in [-0.05, 0) is 94.8 Å². The SMILES string of the molecule is COc1ccc(C2(c3ccc(N4CCOCC4)cc3)C=Cc3c4c(c5cc6c(cc5c3O2)OC(C(C)C)(C(C)C)S6)-c2ccccc2C2CCCCC42)cc1. The van der Waals surface area contributed by atoms with Gasteiger partial charge in [-0.1, -0.05) is 107 Å². The zero-order valence-corrected chi connectivity index (χ0v) is 33.5. The summed E-state index contributed by atoms with van der Waals surface area (Å²) in [4.78, 5) is 3.31. The number of rotatable bonds is 6. The first-order valence-corrected chi connectivity index (χ1v) is 21.2. The maximum absolute atomic E-state index is 7.78. The van der Waals surface area contributed by atoms with Crippen LogP contribution in [0.3, 0.4) is 0 Å². The number of nitrogens with zero attached hydrogens (tertiary/aromatic N) is 1. The first-order chi connectivity index (χ1) is 26.8. The van der Waals surface area contributed by atoms with Crippen LogP contribution in [0.25, 0.3) is 28.0 Å². The van der Waals surface area contributed by atoms with Gasteiger partial charge in [0.1, 0.15) is 17.2 Å². The van der Waals surface area contributed by atoms with Crippen LogP contribution in [-0.2, 0) is 10.3 Å². The van der Waals surface area contributed by atoms with Crippen LogP contribution in [0.1, 0.15) is 93.0 Å². The van der Waals surface area contributed by atoms with Gasteiger partial charge in [-0.15, -0.1) is 0 Å². The Morgan fingerprint density at radius 1 is 0.782 bits per heavy atom. The molecule has 0 bridgehead atoms. The summed E-state index contributed by atoms with van der Waals surface area (Å²) in [5.74, 6) is 4.36. The summed E-state index contributed by atoms with van der Waals surface area (Å²) in [5.41, 5.74) is 9.49. The molecule has 0 radical (unpaired) electrons. The van der Waals surface area contributed by atoms with E-state index >= 15 is 0 Å². The molecule has 10 rings (SSSR count). The molecule has 3 atom stereocenters. The maximum atomic E-state index is 7.78. The Bertz CT molecular complexity index is 2300. The molecule has 5 nitrogen and oxygen atoms in total. The lowest BCUT2D eigenvalue weighted by Crippen LogP contribution is -2.40. The molecule has 2 aliphatic carbocycles. The standard InChI is InChI=1S/C49H51NO4S/c1-30(2)49(31(3)4)53-43-28-42-41(29-44(43)55-49)46-39-13-9-7-11-37(39)36-10-6-8-12-38(36)45(46)40-22-23-48(54-47(40)42,33-16-20-35(51-5)21-17-33)32-14-18-34(19-15-32)50-24-26-52-27-25-50/h7,9,11,13-23,28-31,36,38H,6,8,10,12,24-27H2,1-5H3. The molecule has 5 aliphatic rings. The van der Waals surface area contributed by atoms with E-state index in [0.29, 0.717) is 23.7 Å². The van der Waals surface area contributed by atoms with Gasteiger partial charge in [-0.2, -0.15) is 0 Å². The number of fused-ring (bicyclic) bond motifs is 12. The van der Waals surface area contributed by atoms with E-state index in [1.54, 1.807) is 7.11 Å². The molecule has 3 unspecified atom stereocenters. The molecule has 3 aliphatic heterocycles. The van der Waals surface area contributed by atoms with Gasteiger partial charge in [0, 0.05) is 52.7 Å². The second kappa shape index (κ2) is 13.4. The van der Waals surface area contributed by atoms with Crippen molar-refractivity contribution < 1.29 is 18.9 Å². The lowest BCUT2D eigenvalue weighted by molar-refractivity contribution is 0.0757. The van der Waals surface area contributed by atoms with Crippen LogP contribution < -0.4 is 19.1 Å². The molecule has 282 valence electrons. The Hall–Kier alpha value is -4.39. The van der Waals surface area contributed by atoms with Crippen molar-refractivity contribution in [2.24, 2.45) is 11.8 Å². The minimum Gasteiger partial charge on any atom is -0.497 e. The molecular weight excluding hydrogens is 699 g/mol. The smallest absolute Gasteiger partial charge is 0.178 e. The Labute approximate surface area is 330 Å². The number of anilines is 1. The predicted molar refractivity (Wildman–Crippen MR) is 225 cm³/mol. The number of benzene rings is 5. The van der Waals surface area contributed by atoms with Crippen molar-refractivity contribution in [3.8, 4) is 28.4 Å². The number of methoxy groups -OCH3 is 1. The van der Waals surface area contributed by atoms with Gasteiger partial charge >= 0.3 is 0 Å². The fourth-order valence-electron chi connectivity index (χ4n) is 10.5. The topological polar surface area (TPSA) is 40.2 Å². The summed E-state index contributed by atoms with van der Waals surface area (Å²) >= 11 is 1.92. The van der Waals surface area contributed by atoms with Gasteiger partial charge in [0.05, 0.1) is 25.2 Å². The van der Waals surface area contributed by atoms with E-state index in [2.05, 4.69) is 130 Å². The summed E-state index contributed by atoms with van der Waals surface area (Å²) in [5, 5.41) is 2.39. The van der Waals surface area contributed by atoms with Gasteiger partial charge in [0.2, 0.25) is 0 Å². The van der Waals surface area contributed by atoms with Crippen molar-refractivity contribution >= 4 is 34.3 Å². The number of thioether (sulfide) groups is 1. The van der Waals surface area contributed by atoms with Gasteiger partial charge in [0.15, 0.2) is 10.5 Å². The lowest BCUT2D eigenvalue weighted by Gasteiger charge is -2.43. The summed E-state index contributed by atoms with van der Waals surface area (Å²) in [6, 6.07) is 31.5. The van der Waals surface area contributed by atoms with E-state index in [0.717, 1.165) is 60.1 Å². The fourth-order valence-corrected chi connectivity index (χ4v) is 11.8. The minimum atomic E-state index is -0.864. The molecule has 0 amide bonds. The molecule has 0 N–H and O–H groups in total. The van der Waals surface area contributed by atoms with Crippen molar-refractivity contribution in [2.45, 2.75) is 80.6 Å². The van der Waals surface area contributed by atoms with Crippen molar-refractivity contribution in [1.29, 1.82) is 0 Å². The average molecular weight is 750 g/mol. The van der Waals surface area contributed by atoms with Crippen LogP contribution >= 0.6 is 11.8 Å². The largest absolute Gasteiger partial charge is 0.497 e. The number of morpholine rings is 1. The molecule has 3 heterocycles. The predicted octanol–water partition coefficient (Wildman–Crippen LogP) is 11.9. The molecule has 0 spiro atoms. The Balaban J connectivity index is 1.23. The molecule has 2 fully saturated rings. The number of hydrogen-bond acceptors (Lipinski definition) is 6. The zero-order chi connectivity index (χ0) is 37.5. The van der Waals surface area contributed by atoms with E-state index in [1.165, 1.54) is 69.5 Å².